The highest BCUT2D eigenvalue weighted by molar-refractivity contribution is 6.75. The second kappa shape index (κ2) is 22.3. The van der Waals surface area contributed by atoms with Gasteiger partial charge in [0.25, 0.3) is 8.32 Å². The lowest BCUT2D eigenvalue weighted by Gasteiger charge is -2.40. The maximum absolute atomic E-state index is 10.3. The molecule has 0 fully saturated rings. The first-order valence-electron chi connectivity index (χ1n) is 22.8. The fourth-order valence-electron chi connectivity index (χ4n) is 6.94. The van der Waals surface area contributed by atoms with Gasteiger partial charge in [0.1, 0.15) is 11.5 Å². The lowest BCUT2D eigenvalue weighted by Crippen LogP contribution is -2.44. The Morgan fingerprint density at radius 1 is 0.643 bits per heavy atom. The van der Waals surface area contributed by atoms with Gasteiger partial charge in [-0.2, -0.15) is 0 Å². The van der Waals surface area contributed by atoms with Crippen LogP contribution >= 0.6 is 46.4 Å². The molecule has 0 aliphatic carbocycles. The van der Waals surface area contributed by atoms with Crippen LogP contribution in [0.2, 0.25) is 56.4 Å². The zero-order valence-corrected chi connectivity index (χ0v) is 47.2. The number of nitrogens with zero attached hydrogens (tertiary/aromatic N) is 6. The van der Waals surface area contributed by atoms with Gasteiger partial charge < -0.3 is 27.9 Å². The maximum atomic E-state index is 10.3. The van der Waals surface area contributed by atoms with E-state index in [1.165, 1.54) is 12.1 Å². The van der Waals surface area contributed by atoms with E-state index in [1.807, 2.05) is 44.2 Å². The molecule has 18 heteroatoms. The molecule has 0 saturated carbocycles. The predicted octanol–water partition coefficient (Wildman–Crippen LogP) is 16.3. The normalized spacial score (nSPS) is 13.9. The second-order valence-electron chi connectivity index (χ2n) is 20.6. The van der Waals surface area contributed by atoms with Crippen molar-refractivity contribution in [3.05, 3.63) is 138 Å². The van der Waals surface area contributed by atoms with E-state index in [1.54, 1.807) is 25.1 Å². The third-order valence-electron chi connectivity index (χ3n) is 13.6. The molecule has 6 aromatic rings. The second-order valence-corrected chi connectivity index (χ2v) is 31.7. The van der Waals surface area contributed by atoms with E-state index in [9.17, 15) is 10.2 Å². The Morgan fingerprint density at radius 3 is 1.51 bits per heavy atom. The molecule has 0 bridgehead atoms. The molecule has 0 aliphatic rings. The zero-order valence-electron chi connectivity index (χ0n) is 42.2. The number of aromatic hydroxyl groups is 1. The third kappa shape index (κ3) is 13.0. The number of halogens is 4. The van der Waals surface area contributed by atoms with Gasteiger partial charge >= 0.3 is 0 Å². The summed E-state index contributed by atoms with van der Waals surface area (Å²) in [5.74, 6) is 1.32. The quantitative estimate of drug-likeness (QED) is 0.0798. The van der Waals surface area contributed by atoms with E-state index in [0.717, 1.165) is 27.8 Å². The summed E-state index contributed by atoms with van der Waals surface area (Å²) in [5, 5.41) is 38.5. The van der Waals surface area contributed by atoms with Crippen molar-refractivity contribution < 1.29 is 27.9 Å². The van der Waals surface area contributed by atoms with Crippen LogP contribution in [0.3, 0.4) is 0 Å². The highest BCUT2D eigenvalue weighted by Gasteiger charge is 2.42. The van der Waals surface area contributed by atoms with Gasteiger partial charge in [-0.05, 0) is 135 Å². The summed E-state index contributed by atoms with van der Waals surface area (Å²) >= 11 is 25.4. The lowest BCUT2D eigenvalue weighted by molar-refractivity contribution is 0.148. The fraction of sp³-hybridized carbons (Fsp3) is 0.423. The highest BCUT2D eigenvalue weighted by atomic mass is 35.5. The number of aliphatic hydroxyl groups is 1. The van der Waals surface area contributed by atoms with E-state index in [-0.39, 0.29) is 44.7 Å². The molecule has 70 heavy (non-hydrogen) atoms. The molecule has 0 aliphatic heterocycles. The van der Waals surface area contributed by atoms with Crippen LogP contribution in [0.15, 0.2) is 69.5 Å². The Kier molecular flexibility index (Phi) is 17.9. The predicted molar refractivity (Wildman–Crippen MR) is 286 cm³/mol. The fourth-order valence-corrected chi connectivity index (χ4v) is 10.3. The van der Waals surface area contributed by atoms with Crippen LogP contribution in [0.5, 0.6) is 11.5 Å². The average Bonchev–Trinajstić information content (AvgIpc) is 3.97. The van der Waals surface area contributed by atoms with Gasteiger partial charge in [-0.25, -0.2) is 9.69 Å². The summed E-state index contributed by atoms with van der Waals surface area (Å²) in [5.41, 5.74) is 5.67. The summed E-state index contributed by atoms with van der Waals surface area (Å²) in [6, 6.07) is 17.4. The van der Waals surface area contributed by atoms with Crippen LogP contribution in [-0.2, 0) is 17.3 Å². The highest BCUT2D eigenvalue weighted by Crippen LogP contribution is 2.43. The minimum absolute atomic E-state index is 0.0350. The SMILES string of the molecule is [C-]#[N+]c1ccc(C[C@@H](c2nnc(-c3ccc(O)c(Cl)c3)o2)[C@H](C)O)c(C)c1Cl.[C-]#[N+]c1ccc(C[C@@H](c2nnc(-c3ccc(O[Si](C)(C)C(C)(C)C)c(Cl)c3)o2)[C@H](C)O[Si](C)(C)C(C)(C)C)c(C)c1Cl. The molecule has 12 nitrogen and oxygen atoms in total. The Hall–Kier alpha value is -4.75. The molecule has 4 aromatic carbocycles. The first kappa shape index (κ1) is 56.2. The molecule has 0 spiro atoms. The van der Waals surface area contributed by atoms with Crippen molar-refractivity contribution in [1.29, 1.82) is 0 Å². The van der Waals surface area contributed by atoms with E-state index in [4.69, 9.17) is 77.2 Å². The molecule has 0 unspecified atom stereocenters. The van der Waals surface area contributed by atoms with Gasteiger partial charge in [0.05, 0.1) is 57.3 Å². The third-order valence-corrected chi connectivity index (χ3v) is 24.0. The smallest absolute Gasteiger partial charge is 0.250 e. The van der Waals surface area contributed by atoms with Gasteiger partial charge in [-0.3, -0.25) is 0 Å². The van der Waals surface area contributed by atoms with Gasteiger partial charge in [-0.1, -0.05) is 112 Å². The molecule has 0 saturated heterocycles. The van der Waals surface area contributed by atoms with E-state index >= 15 is 0 Å². The minimum Gasteiger partial charge on any atom is -0.543 e. The standard InChI is InChI=1S/C32H45Cl2N3O3Si2.C20H17Cl2N3O3/c1-20-22(14-16-26(35-9)28(20)34)18-24(21(2)39-41(10,11)31(3,4)5)30-37-36-29(38-30)23-15-17-27(25(33)19-23)40-42(12,13)32(6,7)8;1-10-12(4-6-16(23-3)18(10)22)8-14(11(2)26)20-25-24-19(28-20)13-5-7-17(27)15(21)9-13/h14-17,19,21,24H,18H2,1-8,10-13H3;4-7,9,11,14,26-27H,8H2,1-2H3/t21-,24+;11-,14+/m00/s1. The molecule has 0 radical (unpaired) electrons. The number of aromatic nitrogens is 4. The Labute approximate surface area is 434 Å². The van der Waals surface area contributed by atoms with Gasteiger partial charge in [0.15, 0.2) is 8.32 Å². The van der Waals surface area contributed by atoms with E-state index in [0.29, 0.717) is 62.4 Å². The van der Waals surface area contributed by atoms with Gasteiger partial charge in [-0.15, -0.1) is 20.4 Å². The van der Waals surface area contributed by atoms with Crippen LogP contribution < -0.4 is 4.43 Å². The van der Waals surface area contributed by atoms with E-state index < -0.39 is 28.7 Å². The Morgan fingerprint density at radius 2 is 1.09 bits per heavy atom. The van der Waals surface area contributed by atoms with Crippen LogP contribution in [0, 0.1) is 27.0 Å². The zero-order chi connectivity index (χ0) is 52.3. The van der Waals surface area contributed by atoms with Crippen molar-refractivity contribution in [1.82, 2.24) is 20.4 Å². The molecular weight excluding hydrogens is 1000 g/mol. The number of aliphatic hydroxyl groups excluding tert-OH is 1. The van der Waals surface area contributed by atoms with Crippen molar-refractivity contribution in [2.45, 2.75) is 142 Å². The summed E-state index contributed by atoms with van der Waals surface area (Å²) in [6.07, 6.45) is 0.0260. The first-order chi connectivity index (χ1) is 32.5. The summed E-state index contributed by atoms with van der Waals surface area (Å²) in [7, 11) is -4.16. The molecule has 6 rings (SSSR count). The first-order valence-corrected chi connectivity index (χ1v) is 30.1. The maximum Gasteiger partial charge on any atom is 0.250 e. The van der Waals surface area contributed by atoms with Crippen molar-refractivity contribution in [3.8, 4) is 34.4 Å². The van der Waals surface area contributed by atoms with Crippen molar-refractivity contribution >= 4 is 74.4 Å². The molecule has 2 aromatic heterocycles. The summed E-state index contributed by atoms with van der Waals surface area (Å²) in [4.78, 5) is 6.94. The Bertz CT molecular complexity index is 2910. The average molecular weight is 1070 g/mol. The summed E-state index contributed by atoms with van der Waals surface area (Å²) < 4.78 is 25.4. The minimum atomic E-state index is -2.11. The van der Waals surface area contributed by atoms with Gasteiger partial charge in [0, 0.05) is 11.1 Å². The van der Waals surface area contributed by atoms with Crippen LogP contribution in [0.25, 0.3) is 32.6 Å². The topological polar surface area (TPSA) is 145 Å². The number of hydrogen-bond acceptors (Lipinski definition) is 10. The van der Waals surface area contributed by atoms with Crippen molar-refractivity contribution in [2.24, 2.45) is 0 Å². The summed E-state index contributed by atoms with van der Waals surface area (Å²) in [6.45, 7) is 44.2. The van der Waals surface area contributed by atoms with Crippen molar-refractivity contribution in [3.63, 3.8) is 0 Å². The van der Waals surface area contributed by atoms with Crippen molar-refractivity contribution in [2.75, 3.05) is 0 Å². The van der Waals surface area contributed by atoms with Crippen LogP contribution in [-0.4, -0.2) is 59.5 Å². The van der Waals surface area contributed by atoms with Crippen LogP contribution in [0.1, 0.15) is 101 Å². The molecular formula is C52H62Cl4N6O6Si2. The largest absolute Gasteiger partial charge is 0.543 e. The molecule has 0 amide bonds. The van der Waals surface area contributed by atoms with Gasteiger partial charge in [0.2, 0.25) is 34.9 Å². The monoisotopic (exact) mass is 1060 g/mol. The molecule has 372 valence electrons. The number of benzene rings is 4. The lowest BCUT2D eigenvalue weighted by atomic mass is 9.92. The number of phenolic OH excluding ortho intramolecular Hbond substituents is 1. The number of hydrogen-bond donors (Lipinski definition) is 2. The van der Waals surface area contributed by atoms with Crippen LogP contribution in [0.4, 0.5) is 11.4 Å². The number of rotatable bonds is 14. The Balaban J connectivity index is 0.000000282. The number of phenols is 1. The molecule has 2 N–H and O–H groups in total. The molecule has 4 atom stereocenters. The molecule has 2 heterocycles. The van der Waals surface area contributed by atoms with E-state index in [2.05, 4.69) is 105 Å².